The Kier molecular flexibility index (Phi) is 2.89. The van der Waals surface area contributed by atoms with Gasteiger partial charge in [0.2, 0.25) is 0 Å². The highest BCUT2D eigenvalue weighted by molar-refractivity contribution is 6.31. The lowest BCUT2D eigenvalue weighted by atomic mass is 10.1. The van der Waals surface area contributed by atoms with Gasteiger partial charge in [0.1, 0.15) is 17.7 Å². The first-order valence-electron chi connectivity index (χ1n) is 6.88. The minimum atomic E-state index is -0.209. The lowest BCUT2D eigenvalue weighted by molar-refractivity contribution is 0.211. The van der Waals surface area contributed by atoms with E-state index in [4.69, 9.17) is 16.3 Å². The number of aromatic nitrogens is 1. The molecule has 1 atom stereocenters. The fourth-order valence-electron chi connectivity index (χ4n) is 2.94. The number of hydrogen-bond donors (Lipinski definition) is 0. The summed E-state index contributed by atoms with van der Waals surface area (Å²) in [5, 5.41) is 1.85. The molecule has 0 N–H and O–H groups in total. The molecule has 2 heterocycles. The number of rotatable bonds is 2. The van der Waals surface area contributed by atoms with Crippen LogP contribution in [0.15, 0.2) is 48.7 Å². The Hall–Kier alpha value is -2.00. The van der Waals surface area contributed by atoms with E-state index in [-0.39, 0.29) is 11.9 Å². The van der Waals surface area contributed by atoms with Gasteiger partial charge < -0.3 is 9.30 Å². The zero-order chi connectivity index (χ0) is 14.4. The molecular weight excluding hydrogens is 289 g/mol. The quantitative estimate of drug-likeness (QED) is 0.682. The number of benzene rings is 2. The molecule has 1 aliphatic heterocycles. The summed E-state index contributed by atoms with van der Waals surface area (Å²) in [6.45, 7) is 0.738. The predicted molar refractivity (Wildman–Crippen MR) is 81.5 cm³/mol. The second-order valence-electron chi connectivity index (χ2n) is 5.37. The third-order valence-electron chi connectivity index (χ3n) is 3.90. The zero-order valence-corrected chi connectivity index (χ0v) is 12.0. The van der Waals surface area contributed by atoms with Gasteiger partial charge in [0.15, 0.2) is 0 Å². The minimum absolute atomic E-state index is 0.0353. The Labute approximate surface area is 126 Å². The molecule has 1 aliphatic rings. The number of fused-ring (bicyclic) bond motifs is 2. The average molecular weight is 302 g/mol. The van der Waals surface area contributed by atoms with Crippen molar-refractivity contribution in [3.05, 3.63) is 65.1 Å². The van der Waals surface area contributed by atoms with Gasteiger partial charge in [0, 0.05) is 34.1 Å². The van der Waals surface area contributed by atoms with Crippen LogP contribution >= 0.6 is 11.6 Å². The predicted octanol–water partition coefficient (Wildman–Crippen LogP) is 4.44. The van der Waals surface area contributed by atoms with Crippen molar-refractivity contribution in [1.82, 2.24) is 4.57 Å². The third-order valence-corrected chi connectivity index (χ3v) is 4.13. The number of nitrogens with zero attached hydrogens (tertiary/aromatic N) is 1. The highest BCUT2D eigenvalue weighted by Gasteiger charge is 2.23. The van der Waals surface area contributed by atoms with Gasteiger partial charge in [-0.3, -0.25) is 0 Å². The molecule has 0 amide bonds. The molecule has 4 heteroatoms. The van der Waals surface area contributed by atoms with Crippen LogP contribution in [0.3, 0.4) is 0 Å². The monoisotopic (exact) mass is 301 g/mol. The topological polar surface area (TPSA) is 14.2 Å². The van der Waals surface area contributed by atoms with Crippen LogP contribution < -0.4 is 4.74 Å². The van der Waals surface area contributed by atoms with Gasteiger partial charge in [-0.15, -0.1) is 0 Å². The molecule has 4 rings (SSSR count). The number of ether oxygens (including phenoxy) is 1. The summed E-state index contributed by atoms with van der Waals surface area (Å²) < 4.78 is 21.3. The maximum Gasteiger partial charge on any atom is 0.123 e. The molecule has 0 saturated heterocycles. The Bertz CT molecular complexity index is 827. The number of halogens is 2. The maximum atomic E-state index is 13.2. The van der Waals surface area contributed by atoms with E-state index < -0.39 is 0 Å². The van der Waals surface area contributed by atoms with Crippen LogP contribution in [0.5, 0.6) is 5.75 Å². The van der Waals surface area contributed by atoms with Crippen molar-refractivity contribution in [1.29, 1.82) is 0 Å². The molecule has 21 heavy (non-hydrogen) atoms. The summed E-state index contributed by atoms with van der Waals surface area (Å²) in [7, 11) is 0. The van der Waals surface area contributed by atoms with E-state index in [1.54, 1.807) is 12.1 Å². The first kappa shape index (κ1) is 12.7. The van der Waals surface area contributed by atoms with Gasteiger partial charge >= 0.3 is 0 Å². The standard InChI is InChI=1S/C17H13ClFNO/c18-13-1-3-16-11(7-13)5-6-20(16)10-15-9-12-8-14(19)2-4-17(12)21-15/h1-8,15H,9-10H2. The van der Waals surface area contributed by atoms with Gasteiger partial charge in [0.25, 0.3) is 0 Å². The molecule has 0 aliphatic carbocycles. The Morgan fingerprint density at radius 1 is 1.19 bits per heavy atom. The van der Waals surface area contributed by atoms with Crippen LogP contribution in [0.25, 0.3) is 10.9 Å². The van der Waals surface area contributed by atoms with Crippen molar-refractivity contribution < 1.29 is 9.13 Å². The smallest absolute Gasteiger partial charge is 0.123 e. The average Bonchev–Trinajstić information content (AvgIpc) is 3.02. The summed E-state index contributed by atoms with van der Waals surface area (Å²) in [5.41, 5.74) is 2.07. The Morgan fingerprint density at radius 2 is 2.10 bits per heavy atom. The molecule has 0 radical (unpaired) electrons. The summed E-state index contributed by atoms with van der Waals surface area (Å²) in [5.74, 6) is 0.583. The highest BCUT2D eigenvalue weighted by Crippen LogP contribution is 2.30. The second-order valence-corrected chi connectivity index (χ2v) is 5.80. The van der Waals surface area contributed by atoms with Crippen LogP contribution in [0.2, 0.25) is 5.02 Å². The SMILES string of the molecule is Fc1ccc2c(c1)CC(Cn1ccc3cc(Cl)ccc31)O2. The lowest BCUT2D eigenvalue weighted by Crippen LogP contribution is -2.20. The van der Waals surface area contributed by atoms with E-state index in [1.807, 2.05) is 30.5 Å². The fraction of sp³-hybridized carbons (Fsp3) is 0.176. The summed E-state index contributed by atoms with van der Waals surface area (Å²) >= 11 is 6.00. The largest absolute Gasteiger partial charge is 0.488 e. The van der Waals surface area contributed by atoms with Crippen LogP contribution in [0.4, 0.5) is 4.39 Å². The van der Waals surface area contributed by atoms with Crippen molar-refractivity contribution >= 4 is 22.5 Å². The van der Waals surface area contributed by atoms with Crippen LogP contribution in [0, 0.1) is 5.82 Å². The molecule has 0 saturated carbocycles. The lowest BCUT2D eigenvalue weighted by Gasteiger charge is -2.12. The molecule has 3 aromatic rings. The minimum Gasteiger partial charge on any atom is -0.488 e. The Balaban J connectivity index is 1.59. The first-order chi connectivity index (χ1) is 10.2. The van der Waals surface area contributed by atoms with Gasteiger partial charge in [0.05, 0.1) is 6.54 Å². The summed E-state index contributed by atoms with van der Waals surface area (Å²) in [6, 6.07) is 12.6. The summed E-state index contributed by atoms with van der Waals surface area (Å²) in [6.07, 6.45) is 2.81. The van der Waals surface area contributed by atoms with Crippen molar-refractivity contribution in [2.75, 3.05) is 0 Å². The fourth-order valence-corrected chi connectivity index (χ4v) is 3.12. The molecule has 1 unspecified atom stereocenters. The van der Waals surface area contributed by atoms with Crippen molar-refractivity contribution in [2.24, 2.45) is 0 Å². The molecule has 2 nitrogen and oxygen atoms in total. The second kappa shape index (κ2) is 4.78. The molecule has 1 aromatic heterocycles. The van der Waals surface area contributed by atoms with Crippen LogP contribution in [0.1, 0.15) is 5.56 Å². The van der Waals surface area contributed by atoms with E-state index in [0.29, 0.717) is 0 Å². The first-order valence-corrected chi connectivity index (χ1v) is 7.26. The van der Waals surface area contributed by atoms with E-state index in [9.17, 15) is 4.39 Å². The molecular formula is C17H13ClFNO. The van der Waals surface area contributed by atoms with E-state index in [0.717, 1.165) is 40.2 Å². The molecule has 0 fully saturated rings. The normalized spacial score (nSPS) is 17.0. The van der Waals surface area contributed by atoms with Crippen LogP contribution in [-0.4, -0.2) is 10.7 Å². The van der Waals surface area contributed by atoms with Gasteiger partial charge in [-0.1, -0.05) is 11.6 Å². The van der Waals surface area contributed by atoms with E-state index >= 15 is 0 Å². The third kappa shape index (κ3) is 2.28. The van der Waals surface area contributed by atoms with Gasteiger partial charge in [-0.05, 0) is 42.5 Å². The van der Waals surface area contributed by atoms with E-state index in [1.165, 1.54) is 6.07 Å². The van der Waals surface area contributed by atoms with Gasteiger partial charge in [-0.2, -0.15) is 0 Å². The molecule has 0 bridgehead atoms. The molecule has 106 valence electrons. The molecule has 2 aromatic carbocycles. The van der Waals surface area contributed by atoms with Crippen molar-refractivity contribution in [3.8, 4) is 5.75 Å². The van der Waals surface area contributed by atoms with E-state index in [2.05, 4.69) is 4.57 Å². The Morgan fingerprint density at radius 3 is 3.00 bits per heavy atom. The van der Waals surface area contributed by atoms with Gasteiger partial charge in [-0.25, -0.2) is 4.39 Å². The van der Waals surface area contributed by atoms with Crippen molar-refractivity contribution in [2.45, 2.75) is 19.1 Å². The summed E-state index contributed by atoms with van der Waals surface area (Å²) in [4.78, 5) is 0. The maximum absolute atomic E-state index is 13.2. The van der Waals surface area contributed by atoms with Crippen LogP contribution in [-0.2, 0) is 13.0 Å². The molecule has 0 spiro atoms. The highest BCUT2D eigenvalue weighted by atomic mass is 35.5. The zero-order valence-electron chi connectivity index (χ0n) is 11.2. The number of hydrogen-bond acceptors (Lipinski definition) is 1. The van der Waals surface area contributed by atoms with Crippen molar-refractivity contribution in [3.63, 3.8) is 0 Å².